The fraction of sp³-hybridized carbons (Fsp3) is 0.192. The highest BCUT2D eigenvalue weighted by Crippen LogP contribution is 2.37. The Kier molecular flexibility index (Phi) is 5.95. The predicted molar refractivity (Wildman–Crippen MR) is 129 cm³/mol. The van der Waals surface area contributed by atoms with Crippen molar-refractivity contribution < 1.29 is 9.13 Å². The molecule has 0 aliphatic rings. The molecule has 0 saturated heterocycles. The number of pyridine rings is 3. The molecule has 7 heteroatoms. The number of nitrogens with one attached hydrogen (secondary N) is 2. The van der Waals surface area contributed by atoms with Crippen molar-refractivity contribution in [3.05, 3.63) is 73.1 Å². The summed E-state index contributed by atoms with van der Waals surface area (Å²) in [6, 6.07) is 13.3. The molecule has 0 bridgehead atoms. The van der Waals surface area contributed by atoms with Gasteiger partial charge in [-0.2, -0.15) is 0 Å². The molecule has 0 fully saturated rings. The maximum Gasteiger partial charge on any atom is 0.150 e. The van der Waals surface area contributed by atoms with Crippen molar-refractivity contribution in [2.45, 2.75) is 13.3 Å². The zero-order chi connectivity index (χ0) is 22.6. The molecular formula is C26H24FN5O. The molecule has 1 aromatic carbocycles. The SMILES string of the molecule is CCNCCCOc1ccc(-c2c(F)cnc3[nH]c4cnc(-c5cccnc5)cc4c23)cc1. The van der Waals surface area contributed by atoms with E-state index in [-0.39, 0.29) is 5.82 Å². The van der Waals surface area contributed by atoms with Crippen LogP contribution in [0.1, 0.15) is 13.3 Å². The van der Waals surface area contributed by atoms with Crippen molar-refractivity contribution in [1.29, 1.82) is 0 Å². The van der Waals surface area contributed by atoms with Crippen LogP contribution in [0.5, 0.6) is 5.75 Å². The molecule has 0 saturated carbocycles. The summed E-state index contributed by atoms with van der Waals surface area (Å²) in [6.45, 7) is 4.59. The Morgan fingerprint density at radius 2 is 1.91 bits per heavy atom. The molecule has 4 aromatic heterocycles. The predicted octanol–water partition coefficient (Wildman–Crippen LogP) is 5.36. The maximum absolute atomic E-state index is 15.1. The van der Waals surface area contributed by atoms with Gasteiger partial charge in [-0.1, -0.05) is 19.1 Å². The first-order valence-corrected chi connectivity index (χ1v) is 11.0. The third kappa shape index (κ3) is 4.27. The van der Waals surface area contributed by atoms with Gasteiger partial charge in [-0.3, -0.25) is 9.97 Å². The van der Waals surface area contributed by atoms with Gasteiger partial charge in [0.05, 0.1) is 30.2 Å². The fourth-order valence-electron chi connectivity index (χ4n) is 3.97. The molecule has 0 amide bonds. The van der Waals surface area contributed by atoms with Crippen LogP contribution in [0.3, 0.4) is 0 Å². The third-order valence-corrected chi connectivity index (χ3v) is 5.58. The number of rotatable bonds is 8. The molecule has 33 heavy (non-hydrogen) atoms. The average molecular weight is 442 g/mol. The largest absolute Gasteiger partial charge is 0.494 e. The molecule has 4 heterocycles. The van der Waals surface area contributed by atoms with Gasteiger partial charge in [-0.25, -0.2) is 9.37 Å². The van der Waals surface area contributed by atoms with Gasteiger partial charge in [0.1, 0.15) is 17.2 Å². The molecule has 0 aliphatic heterocycles. The van der Waals surface area contributed by atoms with Gasteiger partial charge in [0.15, 0.2) is 0 Å². The Bertz CT molecular complexity index is 1380. The summed E-state index contributed by atoms with van der Waals surface area (Å²) >= 11 is 0. The van der Waals surface area contributed by atoms with E-state index in [9.17, 15) is 0 Å². The summed E-state index contributed by atoms with van der Waals surface area (Å²) in [7, 11) is 0. The van der Waals surface area contributed by atoms with Crippen LogP contribution in [0, 0.1) is 5.82 Å². The Hall–Kier alpha value is -3.84. The molecule has 166 valence electrons. The summed E-state index contributed by atoms with van der Waals surface area (Å²) in [4.78, 5) is 16.3. The summed E-state index contributed by atoms with van der Waals surface area (Å²) in [5, 5.41) is 4.87. The summed E-state index contributed by atoms with van der Waals surface area (Å²) < 4.78 is 20.9. The number of ether oxygens (including phenoxy) is 1. The first kappa shape index (κ1) is 21.0. The number of fused-ring (bicyclic) bond motifs is 3. The maximum atomic E-state index is 15.1. The van der Waals surface area contributed by atoms with E-state index < -0.39 is 0 Å². The van der Waals surface area contributed by atoms with Crippen LogP contribution in [0.15, 0.2) is 67.3 Å². The van der Waals surface area contributed by atoms with Crippen LogP contribution in [0.2, 0.25) is 0 Å². The molecule has 0 radical (unpaired) electrons. The van der Waals surface area contributed by atoms with Gasteiger partial charge in [0.2, 0.25) is 0 Å². The Balaban J connectivity index is 1.53. The lowest BCUT2D eigenvalue weighted by atomic mass is 10.0. The normalized spacial score (nSPS) is 11.3. The van der Waals surface area contributed by atoms with Gasteiger partial charge in [0, 0.05) is 34.3 Å². The number of hydrogen-bond acceptors (Lipinski definition) is 5. The van der Waals surface area contributed by atoms with Gasteiger partial charge >= 0.3 is 0 Å². The summed E-state index contributed by atoms with van der Waals surface area (Å²) in [6.07, 6.45) is 7.43. The molecule has 5 aromatic rings. The molecule has 0 spiro atoms. The van der Waals surface area contributed by atoms with Crippen LogP contribution >= 0.6 is 0 Å². The summed E-state index contributed by atoms with van der Waals surface area (Å²) in [5.74, 6) is 0.394. The van der Waals surface area contributed by atoms with Gasteiger partial charge in [0.25, 0.3) is 0 Å². The minimum Gasteiger partial charge on any atom is -0.494 e. The topological polar surface area (TPSA) is 75.7 Å². The first-order chi connectivity index (χ1) is 16.2. The molecule has 6 nitrogen and oxygen atoms in total. The first-order valence-electron chi connectivity index (χ1n) is 11.0. The lowest BCUT2D eigenvalue weighted by Gasteiger charge is -2.09. The minimum atomic E-state index is -0.373. The van der Waals surface area contributed by atoms with Gasteiger partial charge < -0.3 is 15.0 Å². The standard InChI is InChI=1S/C26H24FN5O/c1-2-28-11-4-12-33-19-8-6-17(7-9-19)24-21(27)15-31-26-25(24)20-13-22(30-16-23(20)32-26)18-5-3-10-29-14-18/h3,5-10,13-16,28H,2,4,11-12H2,1H3,(H,31,32). The summed E-state index contributed by atoms with van der Waals surface area (Å²) in [5.41, 5.74) is 4.37. The Labute approximate surface area is 190 Å². The quantitative estimate of drug-likeness (QED) is 0.317. The fourth-order valence-corrected chi connectivity index (χ4v) is 3.97. The Morgan fingerprint density at radius 1 is 1.03 bits per heavy atom. The van der Waals surface area contributed by atoms with E-state index >= 15 is 4.39 Å². The molecule has 0 aliphatic carbocycles. The number of H-pyrrole nitrogens is 1. The number of nitrogens with zero attached hydrogens (tertiary/aromatic N) is 3. The molecular weight excluding hydrogens is 417 g/mol. The monoisotopic (exact) mass is 441 g/mol. The molecule has 0 unspecified atom stereocenters. The van der Waals surface area contributed by atoms with Crippen molar-refractivity contribution in [3.63, 3.8) is 0 Å². The molecule has 2 N–H and O–H groups in total. The zero-order valence-corrected chi connectivity index (χ0v) is 18.3. The second-order valence-electron chi connectivity index (χ2n) is 7.77. The van der Waals surface area contributed by atoms with Crippen LogP contribution in [0.4, 0.5) is 4.39 Å². The van der Waals surface area contributed by atoms with E-state index in [2.05, 4.69) is 32.2 Å². The number of benzene rings is 1. The zero-order valence-electron chi connectivity index (χ0n) is 18.3. The minimum absolute atomic E-state index is 0.373. The molecule has 0 atom stereocenters. The van der Waals surface area contributed by atoms with Crippen LogP contribution in [-0.4, -0.2) is 39.6 Å². The lowest BCUT2D eigenvalue weighted by Crippen LogP contribution is -2.16. The van der Waals surface area contributed by atoms with E-state index in [4.69, 9.17) is 4.74 Å². The van der Waals surface area contributed by atoms with E-state index in [0.29, 0.717) is 17.8 Å². The van der Waals surface area contributed by atoms with Crippen molar-refractivity contribution in [3.8, 4) is 28.1 Å². The lowest BCUT2D eigenvalue weighted by molar-refractivity contribution is 0.309. The van der Waals surface area contributed by atoms with E-state index in [1.807, 2.05) is 42.5 Å². The smallest absolute Gasteiger partial charge is 0.150 e. The van der Waals surface area contributed by atoms with Gasteiger partial charge in [-0.15, -0.1) is 0 Å². The van der Waals surface area contributed by atoms with E-state index in [1.165, 1.54) is 6.20 Å². The van der Waals surface area contributed by atoms with Crippen molar-refractivity contribution >= 4 is 21.9 Å². The van der Waals surface area contributed by atoms with E-state index in [0.717, 1.165) is 58.4 Å². The number of halogens is 1. The third-order valence-electron chi connectivity index (χ3n) is 5.58. The molecule has 5 rings (SSSR count). The van der Waals surface area contributed by atoms with E-state index in [1.54, 1.807) is 18.6 Å². The van der Waals surface area contributed by atoms with Gasteiger partial charge in [-0.05, 0) is 55.4 Å². The van der Waals surface area contributed by atoms with Crippen LogP contribution in [-0.2, 0) is 0 Å². The highest BCUT2D eigenvalue weighted by Gasteiger charge is 2.17. The second-order valence-corrected chi connectivity index (χ2v) is 7.77. The number of hydrogen-bond donors (Lipinski definition) is 2. The number of aromatic amines is 1. The Morgan fingerprint density at radius 3 is 2.70 bits per heavy atom. The highest BCUT2D eigenvalue weighted by atomic mass is 19.1. The van der Waals surface area contributed by atoms with Crippen molar-refractivity contribution in [2.24, 2.45) is 0 Å². The number of aromatic nitrogens is 4. The van der Waals surface area contributed by atoms with Crippen molar-refractivity contribution in [1.82, 2.24) is 25.3 Å². The van der Waals surface area contributed by atoms with Crippen LogP contribution < -0.4 is 10.1 Å². The van der Waals surface area contributed by atoms with Crippen LogP contribution in [0.25, 0.3) is 44.3 Å². The average Bonchev–Trinajstić information content (AvgIpc) is 3.23. The highest BCUT2D eigenvalue weighted by molar-refractivity contribution is 6.13. The second kappa shape index (κ2) is 9.34. The van der Waals surface area contributed by atoms with Crippen molar-refractivity contribution in [2.75, 3.05) is 19.7 Å².